The summed E-state index contributed by atoms with van der Waals surface area (Å²) in [6.07, 6.45) is 0.101. The van der Waals surface area contributed by atoms with Crippen LogP contribution in [-0.2, 0) is 9.53 Å². The fraction of sp³-hybridized carbons (Fsp3) is 0.571. The zero-order valence-corrected chi connectivity index (χ0v) is 19.0. The lowest BCUT2D eigenvalue weighted by molar-refractivity contribution is -0.121. The Morgan fingerprint density at radius 2 is 1.66 bits per heavy atom. The van der Waals surface area contributed by atoms with Gasteiger partial charge in [0.1, 0.15) is 5.60 Å². The lowest BCUT2D eigenvalue weighted by Gasteiger charge is -2.35. The number of rotatable bonds is 7. The van der Waals surface area contributed by atoms with E-state index in [2.05, 4.69) is 26.1 Å². The van der Waals surface area contributed by atoms with E-state index in [1.54, 1.807) is 17.0 Å². The molecule has 0 atom stereocenters. The second kappa shape index (κ2) is 10.7. The summed E-state index contributed by atoms with van der Waals surface area (Å²) in [7, 11) is 0. The van der Waals surface area contributed by atoms with Gasteiger partial charge in [-0.15, -0.1) is 0 Å². The highest BCUT2D eigenvalue weighted by Crippen LogP contribution is 2.13. The second-order valence-corrected chi connectivity index (χ2v) is 9.00. The van der Waals surface area contributed by atoms with Crippen molar-refractivity contribution in [2.75, 3.05) is 39.3 Å². The van der Waals surface area contributed by atoms with Crippen molar-refractivity contribution in [2.24, 2.45) is 0 Å². The summed E-state index contributed by atoms with van der Waals surface area (Å²) in [5.74, 6) is -0.159. The number of nitrogens with one attached hydrogen (secondary N) is 1. The highest BCUT2D eigenvalue weighted by atomic mass is 79.9. The number of benzene rings is 1. The Morgan fingerprint density at radius 1 is 1.03 bits per heavy atom. The lowest BCUT2D eigenvalue weighted by Crippen LogP contribution is -2.51. The maximum absolute atomic E-state index is 12.1. The van der Waals surface area contributed by atoms with Crippen molar-refractivity contribution in [3.8, 4) is 0 Å². The van der Waals surface area contributed by atoms with Crippen LogP contribution in [0.1, 0.15) is 44.0 Å². The zero-order chi connectivity index (χ0) is 21.4. The molecule has 1 aliphatic rings. The van der Waals surface area contributed by atoms with Crippen LogP contribution >= 0.6 is 15.9 Å². The highest BCUT2D eigenvalue weighted by Gasteiger charge is 2.25. The van der Waals surface area contributed by atoms with Crippen molar-refractivity contribution in [3.05, 3.63) is 34.3 Å². The molecule has 1 aromatic rings. The largest absolute Gasteiger partial charge is 0.444 e. The maximum atomic E-state index is 12.1. The highest BCUT2D eigenvalue weighted by molar-refractivity contribution is 9.10. The molecule has 1 aliphatic heterocycles. The number of carbonyl (C=O) groups is 3. The van der Waals surface area contributed by atoms with E-state index in [9.17, 15) is 14.4 Å². The molecule has 1 heterocycles. The molecule has 0 radical (unpaired) electrons. The Kier molecular flexibility index (Phi) is 8.64. The van der Waals surface area contributed by atoms with Gasteiger partial charge < -0.3 is 15.0 Å². The van der Waals surface area contributed by atoms with Gasteiger partial charge in [-0.3, -0.25) is 14.5 Å². The normalized spacial score (nSPS) is 15.1. The van der Waals surface area contributed by atoms with Crippen molar-refractivity contribution in [1.82, 2.24) is 15.1 Å². The molecule has 1 fully saturated rings. The van der Waals surface area contributed by atoms with Crippen LogP contribution in [0.25, 0.3) is 0 Å². The first-order valence-corrected chi connectivity index (χ1v) is 10.7. The van der Waals surface area contributed by atoms with Gasteiger partial charge >= 0.3 is 6.09 Å². The molecule has 0 unspecified atom stereocenters. The quantitative estimate of drug-likeness (QED) is 0.623. The molecule has 7 nitrogen and oxygen atoms in total. The summed E-state index contributed by atoms with van der Waals surface area (Å²) in [4.78, 5) is 40.1. The Bertz CT molecular complexity index is 708. The smallest absolute Gasteiger partial charge is 0.410 e. The Hall–Kier alpha value is -1.93. The summed E-state index contributed by atoms with van der Waals surface area (Å²) < 4.78 is 6.31. The van der Waals surface area contributed by atoms with Gasteiger partial charge in [0.05, 0.1) is 0 Å². The number of amides is 2. The molecule has 1 saturated heterocycles. The van der Waals surface area contributed by atoms with Gasteiger partial charge in [-0.1, -0.05) is 28.1 Å². The fourth-order valence-corrected chi connectivity index (χ4v) is 3.19. The van der Waals surface area contributed by atoms with E-state index < -0.39 is 5.60 Å². The van der Waals surface area contributed by atoms with Gasteiger partial charge in [-0.2, -0.15) is 0 Å². The Labute approximate surface area is 180 Å². The fourth-order valence-electron chi connectivity index (χ4n) is 2.93. The summed E-state index contributed by atoms with van der Waals surface area (Å²) >= 11 is 3.33. The van der Waals surface area contributed by atoms with Crippen LogP contribution in [0.2, 0.25) is 0 Å². The number of halogens is 1. The van der Waals surface area contributed by atoms with Gasteiger partial charge in [0, 0.05) is 62.1 Å². The molecule has 0 saturated carbocycles. The Balaban J connectivity index is 1.60. The minimum atomic E-state index is -0.489. The van der Waals surface area contributed by atoms with Crippen molar-refractivity contribution in [3.63, 3.8) is 0 Å². The van der Waals surface area contributed by atoms with Crippen LogP contribution in [0.15, 0.2) is 28.7 Å². The molecule has 29 heavy (non-hydrogen) atoms. The molecule has 160 valence electrons. The maximum Gasteiger partial charge on any atom is 0.410 e. The van der Waals surface area contributed by atoms with Crippen molar-refractivity contribution in [1.29, 1.82) is 0 Å². The number of nitrogens with zero attached hydrogens (tertiary/aromatic N) is 2. The first-order chi connectivity index (χ1) is 13.6. The van der Waals surface area contributed by atoms with Crippen LogP contribution < -0.4 is 5.32 Å². The van der Waals surface area contributed by atoms with E-state index in [-0.39, 0.29) is 30.6 Å². The van der Waals surface area contributed by atoms with E-state index in [0.29, 0.717) is 31.7 Å². The predicted octanol–water partition coefficient (Wildman–Crippen LogP) is 3.08. The first kappa shape index (κ1) is 23.3. The predicted molar refractivity (Wildman–Crippen MR) is 115 cm³/mol. The van der Waals surface area contributed by atoms with Crippen LogP contribution in [0.3, 0.4) is 0 Å². The molecule has 8 heteroatoms. The molecular weight excluding hydrogens is 438 g/mol. The van der Waals surface area contributed by atoms with Gasteiger partial charge in [-0.05, 0) is 32.9 Å². The number of hydrogen-bond donors (Lipinski definition) is 1. The monoisotopic (exact) mass is 467 g/mol. The summed E-state index contributed by atoms with van der Waals surface area (Å²) in [6, 6.07) is 7.13. The molecule has 0 bridgehead atoms. The molecular formula is C21H30BrN3O4. The first-order valence-electron chi connectivity index (χ1n) is 9.90. The Morgan fingerprint density at radius 3 is 2.24 bits per heavy atom. The molecule has 0 aromatic heterocycles. The number of hydrogen-bond acceptors (Lipinski definition) is 5. The molecule has 1 aromatic carbocycles. The molecule has 2 amide bonds. The van der Waals surface area contributed by atoms with Crippen LogP contribution in [0.4, 0.5) is 4.79 Å². The number of ketones is 1. The molecule has 1 N–H and O–H groups in total. The standard InChI is InChI=1S/C21H30BrN3O4/c1-21(2,3)29-20(28)25-14-12-24(13-15-25)11-10-23-19(27)9-8-18(26)16-4-6-17(22)7-5-16/h4-7H,8-15H2,1-3H3,(H,23,27). The van der Waals surface area contributed by atoms with E-state index >= 15 is 0 Å². The zero-order valence-electron chi connectivity index (χ0n) is 17.4. The topological polar surface area (TPSA) is 79.0 Å². The van der Waals surface area contributed by atoms with Crippen molar-refractivity contribution >= 4 is 33.7 Å². The average Bonchev–Trinajstić information content (AvgIpc) is 2.66. The van der Waals surface area contributed by atoms with Gasteiger partial charge in [-0.25, -0.2) is 4.79 Å². The van der Waals surface area contributed by atoms with Crippen molar-refractivity contribution in [2.45, 2.75) is 39.2 Å². The van der Waals surface area contributed by atoms with Crippen LogP contribution in [0.5, 0.6) is 0 Å². The second-order valence-electron chi connectivity index (χ2n) is 8.09. The third kappa shape index (κ3) is 8.53. The van der Waals surface area contributed by atoms with Gasteiger partial charge in [0.2, 0.25) is 5.91 Å². The van der Waals surface area contributed by atoms with Crippen LogP contribution in [-0.4, -0.2) is 72.5 Å². The number of carbonyl (C=O) groups excluding carboxylic acids is 3. The van der Waals surface area contributed by atoms with E-state index in [1.807, 2.05) is 32.9 Å². The van der Waals surface area contributed by atoms with E-state index in [0.717, 1.165) is 17.6 Å². The summed E-state index contributed by atoms with van der Waals surface area (Å²) in [5, 5.41) is 2.87. The van der Waals surface area contributed by atoms with Crippen LogP contribution in [0, 0.1) is 0 Å². The molecule has 0 aliphatic carbocycles. The SMILES string of the molecule is CC(C)(C)OC(=O)N1CCN(CCNC(=O)CCC(=O)c2ccc(Br)cc2)CC1. The third-order valence-electron chi connectivity index (χ3n) is 4.52. The molecule has 2 rings (SSSR count). The van der Waals surface area contributed by atoms with Gasteiger partial charge in [0.25, 0.3) is 0 Å². The molecule has 0 spiro atoms. The van der Waals surface area contributed by atoms with Crippen molar-refractivity contribution < 1.29 is 19.1 Å². The summed E-state index contributed by atoms with van der Waals surface area (Å²) in [5.41, 5.74) is 0.126. The van der Waals surface area contributed by atoms with E-state index in [4.69, 9.17) is 4.74 Å². The summed E-state index contributed by atoms with van der Waals surface area (Å²) in [6.45, 7) is 9.54. The minimum absolute atomic E-state index is 0.0362. The lowest BCUT2D eigenvalue weighted by atomic mass is 10.1. The number of piperazine rings is 1. The minimum Gasteiger partial charge on any atom is -0.444 e. The number of ether oxygens (including phenoxy) is 1. The average molecular weight is 468 g/mol. The number of Topliss-reactive ketones (excluding diaryl/α,β-unsaturated/α-hetero) is 1. The third-order valence-corrected chi connectivity index (χ3v) is 5.05. The van der Waals surface area contributed by atoms with Gasteiger partial charge in [0.15, 0.2) is 5.78 Å². The van der Waals surface area contributed by atoms with E-state index in [1.165, 1.54) is 0 Å².